The smallest absolute Gasteiger partial charge is 0.304 e. The third kappa shape index (κ3) is 5.37. The maximum Gasteiger partial charge on any atom is 0.304 e. The van der Waals surface area contributed by atoms with Crippen LogP contribution in [0, 0.1) is 13.8 Å². The van der Waals surface area contributed by atoms with Crippen LogP contribution >= 0.6 is 0 Å². The van der Waals surface area contributed by atoms with E-state index in [1.807, 2.05) is 38.2 Å². The van der Waals surface area contributed by atoms with E-state index < -0.39 is 5.97 Å². The maximum atomic E-state index is 12.0. The van der Waals surface area contributed by atoms with Gasteiger partial charge < -0.3 is 9.84 Å². The first-order chi connectivity index (χ1) is 17.8. The minimum atomic E-state index is -0.815. The predicted molar refractivity (Wildman–Crippen MR) is 144 cm³/mol. The van der Waals surface area contributed by atoms with Crippen LogP contribution in [0.15, 0.2) is 54.6 Å². The monoisotopic (exact) mass is 498 g/mol. The van der Waals surface area contributed by atoms with E-state index in [4.69, 9.17) is 4.74 Å². The van der Waals surface area contributed by atoms with Crippen LogP contribution in [-0.2, 0) is 24.9 Å². The molecule has 1 saturated carbocycles. The zero-order valence-electron chi connectivity index (χ0n) is 21.9. The topological polar surface area (TPSA) is 80.5 Å². The lowest BCUT2D eigenvalue weighted by Gasteiger charge is -2.25. The predicted octanol–water partition coefficient (Wildman–Crippen LogP) is 5.36. The van der Waals surface area contributed by atoms with Crippen molar-refractivity contribution in [3.63, 3.8) is 0 Å². The van der Waals surface area contributed by atoms with Gasteiger partial charge in [-0.05, 0) is 78.3 Å². The van der Waals surface area contributed by atoms with Gasteiger partial charge in [-0.2, -0.15) is 0 Å². The van der Waals surface area contributed by atoms with Gasteiger partial charge in [0.2, 0.25) is 0 Å². The molecule has 0 radical (unpaired) electrons. The molecule has 7 heteroatoms. The van der Waals surface area contributed by atoms with E-state index in [0.717, 1.165) is 46.6 Å². The summed E-state index contributed by atoms with van der Waals surface area (Å²) in [6.07, 6.45) is 2.45. The molecular formula is C30H34N4O3. The average molecular weight is 499 g/mol. The number of aryl methyl sites for hydroxylation is 3. The van der Waals surface area contributed by atoms with Crippen molar-refractivity contribution in [3.05, 3.63) is 88.0 Å². The lowest BCUT2D eigenvalue weighted by atomic mass is 9.84. The highest BCUT2D eigenvalue weighted by atomic mass is 16.5. The number of nitrogens with zero attached hydrogens (tertiary/aromatic N) is 4. The lowest BCUT2D eigenvalue weighted by molar-refractivity contribution is -0.137. The van der Waals surface area contributed by atoms with Crippen LogP contribution < -0.4 is 4.74 Å². The standard InChI is InChI=1S/C30H34N4O3/c1-19-5-8-22(27(16-29(35)36)26-13-14-28-30(20(26)2)31-32-33(28)3)15-23(19)18-34(24-9-10-24)17-21-6-11-25(37-4)12-7-21/h5-8,11-15,24,27H,9-10,16-18H2,1-4H3,(H,35,36). The third-order valence-electron chi connectivity index (χ3n) is 7.59. The van der Waals surface area contributed by atoms with Crippen molar-refractivity contribution in [2.45, 2.75) is 58.2 Å². The summed E-state index contributed by atoms with van der Waals surface area (Å²) in [7, 11) is 3.55. The van der Waals surface area contributed by atoms with Crippen LogP contribution in [0.5, 0.6) is 5.75 Å². The second kappa shape index (κ2) is 10.3. The van der Waals surface area contributed by atoms with E-state index >= 15 is 0 Å². The molecule has 1 fully saturated rings. The Kier molecular flexibility index (Phi) is 6.98. The van der Waals surface area contributed by atoms with Gasteiger partial charge >= 0.3 is 5.97 Å². The summed E-state index contributed by atoms with van der Waals surface area (Å²) in [5, 5.41) is 18.3. The Morgan fingerprint density at radius 2 is 1.86 bits per heavy atom. The number of rotatable bonds is 10. The highest BCUT2D eigenvalue weighted by molar-refractivity contribution is 5.80. The van der Waals surface area contributed by atoms with Crippen molar-refractivity contribution < 1.29 is 14.6 Å². The van der Waals surface area contributed by atoms with Gasteiger partial charge in [0.05, 0.1) is 19.0 Å². The number of benzene rings is 3. The van der Waals surface area contributed by atoms with Crippen LogP contribution in [0.2, 0.25) is 0 Å². The quantitative estimate of drug-likeness (QED) is 0.317. The summed E-state index contributed by atoms with van der Waals surface area (Å²) in [5.74, 6) is -0.214. The fraction of sp³-hybridized carbons (Fsp3) is 0.367. The number of fused-ring (bicyclic) bond motifs is 1. The normalized spacial score (nSPS) is 14.3. The van der Waals surface area contributed by atoms with E-state index in [2.05, 4.69) is 52.5 Å². The molecule has 1 aliphatic carbocycles. The molecule has 4 aromatic rings. The Labute approximate surface area is 217 Å². The van der Waals surface area contributed by atoms with Crippen molar-refractivity contribution in [2.75, 3.05) is 7.11 Å². The van der Waals surface area contributed by atoms with E-state index in [1.165, 1.54) is 29.5 Å². The van der Waals surface area contributed by atoms with Crippen molar-refractivity contribution in [1.29, 1.82) is 0 Å². The van der Waals surface area contributed by atoms with Crippen molar-refractivity contribution in [2.24, 2.45) is 7.05 Å². The Bertz CT molecular complexity index is 1420. The Morgan fingerprint density at radius 1 is 1.11 bits per heavy atom. The van der Waals surface area contributed by atoms with Gasteiger partial charge in [-0.15, -0.1) is 5.10 Å². The summed E-state index contributed by atoms with van der Waals surface area (Å²) in [5.41, 5.74) is 8.49. The molecule has 5 rings (SSSR count). The molecule has 3 aromatic carbocycles. The average Bonchev–Trinajstić information content (AvgIpc) is 3.67. The number of carbonyl (C=O) groups is 1. The summed E-state index contributed by atoms with van der Waals surface area (Å²) >= 11 is 0. The van der Waals surface area contributed by atoms with Gasteiger partial charge in [-0.1, -0.05) is 41.6 Å². The first-order valence-corrected chi connectivity index (χ1v) is 12.8. The molecule has 0 spiro atoms. The fourth-order valence-corrected chi connectivity index (χ4v) is 5.22. The molecule has 192 valence electrons. The fourth-order valence-electron chi connectivity index (χ4n) is 5.22. The second-order valence-corrected chi connectivity index (χ2v) is 10.2. The van der Waals surface area contributed by atoms with Gasteiger partial charge in [-0.25, -0.2) is 4.68 Å². The molecule has 0 saturated heterocycles. The number of hydrogen-bond donors (Lipinski definition) is 1. The first-order valence-electron chi connectivity index (χ1n) is 12.8. The second-order valence-electron chi connectivity index (χ2n) is 10.2. The first kappa shape index (κ1) is 25.0. The van der Waals surface area contributed by atoms with E-state index in [-0.39, 0.29) is 12.3 Å². The Hall–Kier alpha value is -3.71. The molecule has 0 aliphatic heterocycles. The summed E-state index contributed by atoms with van der Waals surface area (Å²) in [6.45, 7) is 5.86. The molecular weight excluding hydrogens is 464 g/mol. The number of methoxy groups -OCH3 is 1. The molecule has 37 heavy (non-hydrogen) atoms. The minimum Gasteiger partial charge on any atom is -0.497 e. The molecule has 1 N–H and O–H groups in total. The zero-order chi connectivity index (χ0) is 26.1. The highest BCUT2D eigenvalue weighted by Gasteiger charge is 2.30. The molecule has 1 aromatic heterocycles. The van der Waals surface area contributed by atoms with Gasteiger partial charge in [0.1, 0.15) is 11.3 Å². The molecule has 1 heterocycles. The van der Waals surface area contributed by atoms with Gasteiger partial charge in [0.25, 0.3) is 0 Å². The number of carboxylic acids is 1. The van der Waals surface area contributed by atoms with Crippen molar-refractivity contribution in [1.82, 2.24) is 19.9 Å². The SMILES string of the molecule is COc1ccc(CN(Cc2cc(C(CC(=O)O)c3ccc4c(nnn4C)c3C)ccc2C)C2CC2)cc1. The van der Waals surface area contributed by atoms with E-state index in [9.17, 15) is 9.90 Å². The summed E-state index contributed by atoms with van der Waals surface area (Å²) in [4.78, 5) is 14.5. The van der Waals surface area contributed by atoms with Gasteiger partial charge in [0, 0.05) is 32.1 Å². The highest BCUT2D eigenvalue weighted by Crippen LogP contribution is 2.35. The van der Waals surface area contributed by atoms with Crippen LogP contribution in [0.4, 0.5) is 0 Å². The maximum absolute atomic E-state index is 12.0. The number of ether oxygens (including phenoxy) is 1. The van der Waals surface area contributed by atoms with Gasteiger partial charge in [-0.3, -0.25) is 9.69 Å². The van der Waals surface area contributed by atoms with Crippen LogP contribution in [0.3, 0.4) is 0 Å². The van der Waals surface area contributed by atoms with Crippen molar-refractivity contribution >= 4 is 17.0 Å². The molecule has 7 nitrogen and oxygen atoms in total. The van der Waals surface area contributed by atoms with Crippen molar-refractivity contribution in [3.8, 4) is 5.75 Å². The molecule has 0 bridgehead atoms. The molecule has 0 amide bonds. The summed E-state index contributed by atoms with van der Waals surface area (Å²) in [6, 6.07) is 19.3. The van der Waals surface area contributed by atoms with E-state index in [0.29, 0.717) is 6.04 Å². The largest absolute Gasteiger partial charge is 0.497 e. The van der Waals surface area contributed by atoms with Crippen LogP contribution in [0.1, 0.15) is 58.6 Å². The van der Waals surface area contributed by atoms with E-state index in [1.54, 1.807) is 11.8 Å². The zero-order valence-corrected chi connectivity index (χ0v) is 21.9. The number of aliphatic carboxylic acids is 1. The summed E-state index contributed by atoms with van der Waals surface area (Å²) < 4.78 is 7.06. The number of carboxylic acid groups (broad SMARTS) is 1. The molecule has 1 atom stereocenters. The Morgan fingerprint density at radius 3 is 2.54 bits per heavy atom. The lowest BCUT2D eigenvalue weighted by Crippen LogP contribution is -2.25. The molecule has 1 unspecified atom stereocenters. The minimum absolute atomic E-state index is 0.0211. The van der Waals surface area contributed by atoms with Crippen LogP contribution in [-0.4, -0.2) is 44.1 Å². The molecule has 1 aliphatic rings. The van der Waals surface area contributed by atoms with Crippen LogP contribution in [0.25, 0.3) is 11.0 Å². The Balaban J connectivity index is 1.46. The van der Waals surface area contributed by atoms with Gasteiger partial charge in [0.15, 0.2) is 0 Å². The third-order valence-corrected chi connectivity index (χ3v) is 7.59. The number of hydrogen-bond acceptors (Lipinski definition) is 5. The number of aromatic nitrogens is 3.